The zero-order chi connectivity index (χ0) is 19.3. The van der Waals surface area contributed by atoms with E-state index in [2.05, 4.69) is 25.1 Å². The number of nitrogens with zero attached hydrogens (tertiary/aromatic N) is 4. The van der Waals surface area contributed by atoms with E-state index in [-0.39, 0.29) is 11.4 Å². The predicted octanol–water partition coefficient (Wildman–Crippen LogP) is 2.91. The van der Waals surface area contributed by atoms with Gasteiger partial charge in [-0.1, -0.05) is 6.07 Å². The molecule has 0 saturated carbocycles. The molecule has 0 atom stereocenters. The van der Waals surface area contributed by atoms with Crippen LogP contribution in [0.1, 0.15) is 16.1 Å². The van der Waals surface area contributed by atoms with E-state index in [9.17, 15) is 18.0 Å². The Hall–Kier alpha value is -3.43. The maximum atomic E-state index is 12.2. The number of carbonyl (C=O) groups excluding carboxylic acids is 1. The summed E-state index contributed by atoms with van der Waals surface area (Å²) >= 11 is 0. The Morgan fingerprint density at radius 3 is 2.67 bits per heavy atom. The minimum Gasteiger partial charge on any atom is -0.468 e. The molecule has 3 aromatic rings. The van der Waals surface area contributed by atoms with Crippen molar-refractivity contribution in [2.24, 2.45) is 0 Å². The molecule has 0 radical (unpaired) electrons. The fourth-order valence-corrected chi connectivity index (χ4v) is 2.12. The number of aromatic nitrogens is 4. The first-order valence-electron chi connectivity index (χ1n) is 7.79. The molecule has 0 aromatic carbocycles. The Morgan fingerprint density at radius 1 is 1.15 bits per heavy atom. The number of pyridine rings is 2. The molecule has 0 unspecified atom stereocenters. The van der Waals surface area contributed by atoms with Crippen LogP contribution in [0.4, 0.5) is 19.0 Å². The number of anilines is 1. The van der Waals surface area contributed by atoms with Crippen LogP contribution in [0.3, 0.4) is 0 Å². The first kappa shape index (κ1) is 18.4. The molecular formula is C17H14F3N5O2. The van der Waals surface area contributed by atoms with Crippen LogP contribution in [-0.4, -0.2) is 38.4 Å². The zero-order valence-electron chi connectivity index (χ0n) is 13.8. The lowest BCUT2D eigenvalue weighted by molar-refractivity contribution is -0.154. The van der Waals surface area contributed by atoms with Crippen molar-refractivity contribution in [1.82, 2.24) is 19.7 Å². The normalized spacial score (nSPS) is 11.2. The van der Waals surface area contributed by atoms with Crippen molar-refractivity contribution in [2.45, 2.75) is 12.7 Å². The molecule has 0 aliphatic carbocycles. The monoisotopic (exact) mass is 377 g/mol. The minimum absolute atomic E-state index is 0.161. The van der Waals surface area contributed by atoms with Crippen LogP contribution < -0.4 is 10.1 Å². The van der Waals surface area contributed by atoms with Gasteiger partial charge in [-0.15, -0.1) is 0 Å². The molecule has 7 nitrogen and oxygen atoms in total. The lowest BCUT2D eigenvalue weighted by Gasteiger charge is -2.08. The maximum Gasteiger partial charge on any atom is 0.422 e. The molecular weight excluding hydrogens is 363 g/mol. The quantitative estimate of drug-likeness (QED) is 0.714. The smallest absolute Gasteiger partial charge is 0.422 e. The van der Waals surface area contributed by atoms with Gasteiger partial charge in [-0.3, -0.25) is 14.5 Å². The molecule has 0 bridgehead atoms. The molecule has 10 heteroatoms. The van der Waals surface area contributed by atoms with E-state index in [1.165, 1.54) is 12.1 Å². The summed E-state index contributed by atoms with van der Waals surface area (Å²) in [6, 6.07) is 9.66. The highest BCUT2D eigenvalue weighted by atomic mass is 19.4. The molecule has 0 spiro atoms. The molecule has 140 valence electrons. The molecule has 1 amide bonds. The zero-order valence-corrected chi connectivity index (χ0v) is 13.8. The Morgan fingerprint density at radius 2 is 2.00 bits per heavy atom. The van der Waals surface area contributed by atoms with Crippen molar-refractivity contribution in [1.29, 1.82) is 0 Å². The third-order valence-corrected chi connectivity index (χ3v) is 3.31. The summed E-state index contributed by atoms with van der Waals surface area (Å²) in [5.41, 5.74) is 0.978. The Labute approximate surface area is 151 Å². The fourth-order valence-electron chi connectivity index (χ4n) is 2.12. The van der Waals surface area contributed by atoms with E-state index >= 15 is 0 Å². The molecule has 0 aliphatic heterocycles. The van der Waals surface area contributed by atoms with Crippen molar-refractivity contribution in [3.05, 3.63) is 66.2 Å². The molecule has 3 rings (SSSR count). The number of ether oxygens (including phenoxy) is 1. The third kappa shape index (κ3) is 5.53. The number of amides is 1. The first-order chi connectivity index (χ1) is 12.9. The van der Waals surface area contributed by atoms with Crippen molar-refractivity contribution in [2.75, 3.05) is 11.9 Å². The molecule has 3 heterocycles. The van der Waals surface area contributed by atoms with Gasteiger partial charge in [0.1, 0.15) is 0 Å². The van der Waals surface area contributed by atoms with Gasteiger partial charge in [0.05, 0.1) is 17.8 Å². The number of hydrogen-bond acceptors (Lipinski definition) is 5. The fraction of sp³-hybridized carbons (Fsp3) is 0.176. The third-order valence-electron chi connectivity index (χ3n) is 3.31. The van der Waals surface area contributed by atoms with Crippen molar-refractivity contribution >= 4 is 11.7 Å². The number of carbonyl (C=O) groups is 1. The Bertz CT molecular complexity index is 895. The molecule has 27 heavy (non-hydrogen) atoms. The van der Waals surface area contributed by atoms with Gasteiger partial charge in [-0.05, 0) is 18.2 Å². The maximum absolute atomic E-state index is 12.2. The highest BCUT2D eigenvalue weighted by molar-refractivity contribution is 6.03. The lowest BCUT2D eigenvalue weighted by atomic mass is 10.2. The topological polar surface area (TPSA) is 81.9 Å². The average Bonchev–Trinajstić information content (AvgIpc) is 3.07. The second-order valence-corrected chi connectivity index (χ2v) is 5.46. The minimum atomic E-state index is -4.45. The highest BCUT2D eigenvalue weighted by Gasteiger charge is 2.28. The van der Waals surface area contributed by atoms with Gasteiger partial charge in [-0.25, -0.2) is 4.98 Å². The Balaban J connectivity index is 1.57. The highest BCUT2D eigenvalue weighted by Crippen LogP contribution is 2.17. The molecule has 1 N–H and O–H groups in total. The average molecular weight is 377 g/mol. The van der Waals surface area contributed by atoms with Crippen molar-refractivity contribution < 1.29 is 22.7 Å². The van der Waals surface area contributed by atoms with Crippen LogP contribution in [-0.2, 0) is 6.54 Å². The number of halogens is 3. The number of hydrogen-bond donors (Lipinski definition) is 1. The van der Waals surface area contributed by atoms with E-state index in [4.69, 9.17) is 0 Å². The van der Waals surface area contributed by atoms with Gasteiger partial charge < -0.3 is 10.1 Å². The summed E-state index contributed by atoms with van der Waals surface area (Å²) in [7, 11) is 0. The number of rotatable bonds is 6. The van der Waals surface area contributed by atoms with Gasteiger partial charge in [0.15, 0.2) is 12.4 Å². The van der Waals surface area contributed by atoms with Gasteiger partial charge in [0.25, 0.3) is 5.91 Å². The summed E-state index contributed by atoms with van der Waals surface area (Å²) in [5, 5.41) is 6.81. The van der Waals surface area contributed by atoms with Gasteiger partial charge in [0, 0.05) is 30.7 Å². The van der Waals surface area contributed by atoms with E-state index in [1.807, 2.05) is 18.2 Å². The standard InChI is InChI=1S/C17H14F3N5O2/c18-17(19,20)11-27-15-5-4-12(9-22-15)16(26)23-14-6-8-25(24-14)10-13-3-1-2-7-21-13/h1-9H,10-11H2,(H,23,24,26). The second-order valence-electron chi connectivity index (χ2n) is 5.46. The Kier molecular flexibility index (Phi) is 5.34. The van der Waals surface area contributed by atoms with Crippen LogP contribution in [0.15, 0.2) is 55.0 Å². The number of alkyl halides is 3. The largest absolute Gasteiger partial charge is 0.468 e. The molecule has 0 saturated heterocycles. The summed E-state index contributed by atoms with van der Waals surface area (Å²) in [4.78, 5) is 20.1. The van der Waals surface area contributed by atoms with Gasteiger partial charge >= 0.3 is 6.18 Å². The van der Waals surface area contributed by atoms with E-state index in [0.29, 0.717) is 12.4 Å². The summed E-state index contributed by atoms with van der Waals surface area (Å²) in [5.74, 6) is -0.384. The molecule has 0 fully saturated rings. The molecule has 0 aliphatic rings. The predicted molar refractivity (Wildman–Crippen MR) is 89.3 cm³/mol. The van der Waals surface area contributed by atoms with Crippen molar-refractivity contribution in [3.8, 4) is 5.88 Å². The van der Waals surface area contributed by atoms with Crippen LogP contribution in [0.5, 0.6) is 5.88 Å². The van der Waals surface area contributed by atoms with Crippen LogP contribution >= 0.6 is 0 Å². The SMILES string of the molecule is O=C(Nc1ccn(Cc2ccccn2)n1)c1ccc(OCC(F)(F)F)nc1. The van der Waals surface area contributed by atoms with Gasteiger partial charge in [0.2, 0.25) is 5.88 Å². The second kappa shape index (κ2) is 7.85. The van der Waals surface area contributed by atoms with Gasteiger partial charge in [-0.2, -0.15) is 18.3 Å². The van der Waals surface area contributed by atoms with E-state index in [0.717, 1.165) is 11.9 Å². The summed E-state index contributed by atoms with van der Waals surface area (Å²) in [6.45, 7) is -0.997. The van der Waals surface area contributed by atoms with Crippen molar-refractivity contribution in [3.63, 3.8) is 0 Å². The first-order valence-corrected chi connectivity index (χ1v) is 7.79. The number of nitrogens with one attached hydrogen (secondary N) is 1. The molecule has 3 aromatic heterocycles. The summed E-state index contributed by atoms with van der Waals surface area (Å²) in [6.07, 6.45) is 0.0466. The van der Waals surface area contributed by atoms with Crippen LogP contribution in [0.2, 0.25) is 0 Å². The van der Waals surface area contributed by atoms with Crippen LogP contribution in [0.25, 0.3) is 0 Å². The van der Waals surface area contributed by atoms with E-state index in [1.54, 1.807) is 23.1 Å². The lowest BCUT2D eigenvalue weighted by Crippen LogP contribution is -2.19. The van der Waals surface area contributed by atoms with E-state index < -0.39 is 18.7 Å². The summed E-state index contributed by atoms with van der Waals surface area (Å²) < 4.78 is 42.4. The van der Waals surface area contributed by atoms with Crippen LogP contribution in [0, 0.1) is 0 Å².